The molecular weight excluding hydrogens is 376 g/mol. The molecule has 7 nitrogen and oxygen atoms in total. The minimum atomic E-state index is -0.267. The van der Waals surface area contributed by atoms with E-state index in [0.29, 0.717) is 17.3 Å². The van der Waals surface area contributed by atoms with Crippen LogP contribution >= 0.6 is 0 Å². The third-order valence-electron chi connectivity index (χ3n) is 4.53. The van der Waals surface area contributed by atoms with E-state index in [-0.39, 0.29) is 19.4 Å². The number of fused-ring (bicyclic) bond motifs is 1. The van der Waals surface area contributed by atoms with Gasteiger partial charge in [0, 0.05) is 11.7 Å². The number of carbonyl (C=O) groups is 1. The summed E-state index contributed by atoms with van der Waals surface area (Å²) in [6.07, 6.45) is 6.29. The minimum absolute atomic E-state index is 0. The summed E-state index contributed by atoms with van der Waals surface area (Å²) in [4.78, 5) is 25.0. The van der Waals surface area contributed by atoms with Crippen LogP contribution in [0.4, 0.5) is 11.5 Å². The molecular formula is C23H24N6O. The van der Waals surface area contributed by atoms with Crippen molar-refractivity contribution in [3.05, 3.63) is 85.5 Å². The van der Waals surface area contributed by atoms with Crippen LogP contribution in [0, 0.1) is 0 Å². The van der Waals surface area contributed by atoms with Crippen molar-refractivity contribution in [3.63, 3.8) is 0 Å². The molecule has 0 aliphatic heterocycles. The molecule has 2 N–H and O–H groups in total. The van der Waals surface area contributed by atoms with Crippen LogP contribution in [-0.2, 0) is 4.79 Å². The second-order valence-corrected chi connectivity index (χ2v) is 6.55. The number of aromatic nitrogens is 4. The first-order chi connectivity index (χ1) is 14.1. The smallest absolute Gasteiger partial charge is 0.247 e. The number of nitrogens with zero attached hydrogens (tertiary/aromatic N) is 4. The zero-order chi connectivity index (χ0) is 20.2. The highest BCUT2D eigenvalue weighted by Gasteiger charge is 2.10. The maximum Gasteiger partial charge on any atom is 0.247 e. The summed E-state index contributed by atoms with van der Waals surface area (Å²) >= 11 is 0. The summed E-state index contributed by atoms with van der Waals surface area (Å²) in [5, 5.41) is 6.14. The molecule has 4 rings (SSSR count). The Balaban J connectivity index is 0.00000256. The number of nitrogens with one attached hydrogen (secondary N) is 2. The first-order valence-electron chi connectivity index (χ1n) is 9.18. The topological polar surface area (TPSA) is 84.7 Å². The van der Waals surface area contributed by atoms with E-state index in [1.165, 1.54) is 6.08 Å². The fourth-order valence-corrected chi connectivity index (χ4v) is 3.05. The van der Waals surface area contributed by atoms with Gasteiger partial charge < -0.3 is 10.6 Å². The van der Waals surface area contributed by atoms with Crippen LogP contribution in [0.2, 0.25) is 0 Å². The fourth-order valence-electron chi connectivity index (χ4n) is 3.05. The molecule has 0 unspecified atom stereocenters. The molecule has 1 atom stereocenters. The first kappa shape index (κ1) is 20.7. The van der Waals surface area contributed by atoms with Crippen molar-refractivity contribution in [2.45, 2.75) is 20.4 Å². The lowest BCUT2D eigenvalue weighted by Gasteiger charge is -2.15. The molecule has 0 saturated carbocycles. The molecule has 2 aromatic heterocycles. The number of imidazole rings is 1. The van der Waals surface area contributed by atoms with Crippen LogP contribution in [0.5, 0.6) is 0 Å². The Morgan fingerprint density at radius 1 is 1.17 bits per heavy atom. The van der Waals surface area contributed by atoms with Crippen LogP contribution in [0.1, 0.15) is 26.0 Å². The second kappa shape index (κ2) is 9.00. The third kappa shape index (κ3) is 4.35. The summed E-state index contributed by atoms with van der Waals surface area (Å²) in [7, 11) is 0. The van der Waals surface area contributed by atoms with Gasteiger partial charge in [-0.05, 0) is 36.8 Å². The molecule has 4 aromatic rings. The van der Waals surface area contributed by atoms with Crippen molar-refractivity contribution in [3.8, 4) is 5.82 Å². The van der Waals surface area contributed by atoms with Crippen molar-refractivity contribution >= 4 is 28.4 Å². The molecule has 152 valence electrons. The molecule has 0 bridgehead atoms. The van der Waals surface area contributed by atoms with E-state index in [4.69, 9.17) is 0 Å². The van der Waals surface area contributed by atoms with E-state index in [2.05, 4.69) is 51.2 Å². The van der Waals surface area contributed by atoms with Crippen LogP contribution in [-0.4, -0.2) is 25.4 Å². The lowest BCUT2D eigenvalue weighted by atomic mass is 10.1. The monoisotopic (exact) mass is 400 g/mol. The van der Waals surface area contributed by atoms with Gasteiger partial charge in [0.2, 0.25) is 5.91 Å². The Morgan fingerprint density at radius 3 is 2.73 bits per heavy atom. The Bertz CT molecular complexity index is 1170. The summed E-state index contributed by atoms with van der Waals surface area (Å²) in [5.41, 5.74) is 3.42. The molecule has 1 amide bonds. The number of hydrogen-bond donors (Lipinski definition) is 2. The van der Waals surface area contributed by atoms with Crippen molar-refractivity contribution < 1.29 is 4.79 Å². The third-order valence-corrected chi connectivity index (χ3v) is 4.53. The molecule has 0 spiro atoms. The van der Waals surface area contributed by atoms with E-state index in [0.717, 1.165) is 16.6 Å². The number of amides is 1. The Kier molecular flexibility index (Phi) is 6.22. The Hall–Kier alpha value is -4.00. The van der Waals surface area contributed by atoms with E-state index in [9.17, 15) is 4.79 Å². The van der Waals surface area contributed by atoms with Gasteiger partial charge in [0.05, 0.1) is 23.4 Å². The molecule has 0 aliphatic rings. The van der Waals surface area contributed by atoms with Gasteiger partial charge in [0.25, 0.3) is 0 Å². The number of hydrogen-bond acceptors (Lipinski definition) is 5. The average Bonchev–Trinajstić information content (AvgIpc) is 3.17. The second-order valence-electron chi connectivity index (χ2n) is 6.55. The van der Waals surface area contributed by atoms with Gasteiger partial charge in [0.1, 0.15) is 12.1 Å². The molecule has 2 heterocycles. The van der Waals surface area contributed by atoms with Gasteiger partial charge in [-0.2, -0.15) is 0 Å². The lowest BCUT2D eigenvalue weighted by Crippen LogP contribution is -2.09. The molecule has 0 saturated heterocycles. The maximum absolute atomic E-state index is 11.6. The van der Waals surface area contributed by atoms with Crippen molar-refractivity contribution in [1.29, 1.82) is 0 Å². The molecule has 0 aliphatic carbocycles. The molecule has 2 aromatic carbocycles. The van der Waals surface area contributed by atoms with E-state index < -0.39 is 0 Å². The van der Waals surface area contributed by atoms with Gasteiger partial charge in [-0.3, -0.25) is 14.3 Å². The summed E-state index contributed by atoms with van der Waals surface area (Å²) in [6, 6.07) is 15.7. The zero-order valence-electron chi connectivity index (χ0n) is 15.9. The zero-order valence-corrected chi connectivity index (χ0v) is 15.9. The minimum Gasteiger partial charge on any atom is -0.362 e. The van der Waals surface area contributed by atoms with E-state index in [1.807, 2.05) is 34.9 Å². The predicted molar refractivity (Wildman–Crippen MR) is 121 cm³/mol. The Morgan fingerprint density at radius 2 is 1.97 bits per heavy atom. The van der Waals surface area contributed by atoms with Crippen LogP contribution in [0.15, 0.2) is 79.9 Å². The van der Waals surface area contributed by atoms with Crippen LogP contribution < -0.4 is 10.6 Å². The van der Waals surface area contributed by atoms with Gasteiger partial charge in [-0.1, -0.05) is 44.3 Å². The maximum atomic E-state index is 11.6. The predicted octanol–water partition coefficient (Wildman–Crippen LogP) is 4.75. The Labute approximate surface area is 175 Å². The number of benzene rings is 2. The van der Waals surface area contributed by atoms with Crippen LogP contribution in [0.3, 0.4) is 0 Å². The van der Waals surface area contributed by atoms with Gasteiger partial charge in [0.15, 0.2) is 5.82 Å². The summed E-state index contributed by atoms with van der Waals surface area (Å²) < 4.78 is 1.84. The SMILES string of the molecule is C.C=CC(=O)Nc1ccc2ncn(-c3cncc(N[C@@H](C)c4ccccc4)n3)c2c1. The first-order valence-corrected chi connectivity index (χ1v) is 9.18. The number of rotatable bonds is 6. The van der Waals surface area contributed by atoms with E-state index >= 15 is 0 Å². The molecule has 0 fully saturated rings. The van der Waals surface area contributed by atoms with Gasteiger partial charge in [-0.25, -0.2) is 9.97 Å². The largest absolute Gasteiger partial charge is 0.362 e. The number of carbonyl (C=O) groups excluding carboxylic acids is 1. The fraction of sp³-hybridized carbons (Fsp3) is 0.130. The normalized spacial score (nSPS) is 11.4. The van der Waals surface area contributed by atoms with E-state index in [1.54, 1.807) is 24.8 Å². The highest BCUT2D eigenvalue weighted by atomic mass is 16.1. The average molecular weight is 400 g/mol. The lowest BCUT2D eigenvalue weighted by molar-refractivity contribution is -0.111. The standard InChI is InChI=1S/C22H20N6O.CH4/c1-3-22(29)26-17-9-10-18-19(11-17)28(14-24-18)21-13-23-12-20(27-21)25-15(2)16-7-5-4-6-8-16;/h3-15H,1H2,2H3,(H,25,27)(H,26,29);1H4/t15-;/m0./s1. The highest BCUT2D eigenvalue weighted by Crippen LogP contribution is 2.22. The van der Waals surface area contributed by atoms with Gasteiger partial charge in [-0.15, -0.1) is 0 Å². The quantitative estimate of drug-likeness (QED) is 0.456. The highest BCUT2D eigenvalue weighted by molar-refractivity contribution is 6.00. The molecule has 7 heteroatoms. The van der Waals surface area contributed by atoms with Crippen LogP contribution in [0.25, 0.3) is 16.9 Å². The van der Waals surface area contributed by atoms with Crippen molar-refractivity contribution in [2.24, 2.45) is 0 Å². The van der Waals surface area contributed by atoms with Gasteiger partial charge >= 0.3 is 0 Å². The van der Waals surface area contributed by atoms with Crippen molar-refractivity contribution in [1.82, 2.24) is 19.5 Å². The molecule has 30 heavy (non-hydrogen) atoms. The molecule has 0 radical (unpaired) electrons. The summed E-state index contributed by atoms with van der Waals surface area (Å²) in [6.45, 7) is 5.55. The summed E-state index contributed by atoms with van der Waals surface area (Å²) in [5.74, 6) is 1.03. The van der Waals surface area contributed by atoms with Crippen molar-refractivity contribution in [2.75, 3.05) is 10.6 Å². The number of anilines is 2.